The highest BCUT2D eigenvalue weighted by molar-refractivity contribution is 7.90. The van der Waals surface area contributed by atoms with Crippen LogP contribution >= 0.6 is 0 Å². The molecule has 0 radical (unpaired) electrons. The van der Waals surface area contributed by atoms with Gasteiger partial charge < -0.3 is 14.5 Å². The van der Waals surface area contributed by atoms with E-state index < -0.39 is 21.6 Å². The molecule has 0 saturated heterocycles. The minimum Gasteiger partial charge on any atom is -0.491 e. The van der Waals surface area contributed by atoms with E-state index in [9.17, 15) is 17.6 Å². The van der Waals surface area contributed by atoms with Crippen molar-refractivity contribution in [2.75, 3.05) is 25.7 Å². The first-order valence-corrected chi connectivity index (χ1v) is 13.0. The molecule has 1 atom stereocenters. The maximum atomic E-state index is 14.7. The van der Waals surface area contributed by atoms with E-state index in [-0.39, 0.29) is 17.5 Å². The Morgan fingerprint density at radius 2 is 1.94 bits per heavy atom. The molecule has 2 heterocycles. The largest absolute Gasteiger partial charge is 0.491 e. The van der Waals surface area contributed by atoms with E-state index in [0.717, 1.165) is 6.26 Å². The highest BCUT2D eigenvalue weighted by atomic mass is 32.2. The van der Waals surface area contributed by atoms with E-state index in [4.69, 9.17) is 9.47 Å². The first kappa shape index (κ1) is 24.5. The number of sulfone groups is 1. The van der Waals surface area contributed by atoms with Crippen LogP contribution in [0.25, 0.3) is 22.2 Å². The van der Waals surface area contributed by atoms with Crippen LogP contribution < -0.4 is 15.2 Å². The Hall–Kier alpha value is -3.66. The summed E-state index contributed by atoms with van der Waals surface area (Å²) in [6, 6.07) is 12.5. The summed E-state index contributed by atoms with van der Waals surface area (Å²) in [4.78, 5) is 20.3. The van der Waals surface area contributed by atoms with Crippen molar-refractivity contribution >= 4 is 20.9 Å². The molecule has 184 valence electrons. The van der Waals surface area contributed by atoms with Gasteiger partial charge in [0.1, 0.15) is 15.7 Å². The normalized spacial score (nSPS) is 12.6. The van der Waals surface area contributed by atoms with Gasteiger partial charge in [0.15, 0.2) is 5.75 Å². The number of aromatic nitrogens is 3. The van der Waals surface area contributed by atoms with Crippen LogP contribution in [0, 0.1) is 12.7 Å². The summed E-state index contributed by atoms with van der Waals surface area (Å²) >= 11 is 0. The lowest BCUT2D eigenvalue weighted by Gasteiger charge is -2.19. The van der Waals surface area contributed by atoms with Gasteiger partial charge in [-0.3, -0.25) is 4.57 Å². The maximum Gasteiger partial charge on any atom is 0.327 e. The second kappa shape index (κ2) is 9.53. The average molecular weight is 500 g/mol. The molecule has 1 N–H and O–H groups in total. The number of benzene rings is 2. The van der Waals surface area contributed by atoms with Gasteiger partial charge in [0.2, 0.25) is 0 Å². The number of aryl methyl sites for hydroxylation is 1. The molecule has 0 amide bonds. The van der Waals surface area contributed by atoms with Crippen molar-refractivity contribution in [2.45, 2.75) is 19.9 Å². The number of fused-ring (bicyclic) bond motifs is 1. The molecule has 4 aromatic rings. The van der Waals surface area contributed by atoms with Crippen molar-refractivity contribution < 1.29 is 22.3 Å². The zero-order chi connectivity index (χ0) is 25.3. The second-order valence-corrected chi connectivity index (χ2v) is 10.4. The number of pyridine rings is 1. The summed E-state index contributed by atoms with van der Waals surface area (Å²) in [5, 5.41) is 0. The molecule has 0 fully saturated rings. The third-order valence-corrected chi connectivity index (χ3v) is 6.60. The number of nitrogens with zero attached hydrogens (tertiary/aromatic N) is 2. The van der Waals surface area contributed by atoms with Crippen LogP contribution in [0.1, 0.15) is 24.2 Å². The van der Waals surface area contributed by atoms with Gasteiger partial charge in [-0.1, -0.05) is 24.3 Å². The Labute approximate surface area is 202 Å². The van der Waals surface area contributed by atoms with E-state index >= 15 is 0 Å². The molecule has 0 aliphatic heterocycles. The van der Waals surface area contributed by atoms with E-state index in [0.29, 0.717) is 45.8 Å². The second-order valence-electron chi connectivity index (χ2n) is 8.25. The van der Waals surface area contributed by atoms with Crippen molar-refractivity contribution in [1.29, 1.82) is 0 Å². The van der Waals surface area contributed by atoms with Gasteiger partial charge in [-0.2, -0.15) is 0 Å². The molecular formula is C25H26FN3O5S. The number of ether oxygens (including phenoxy) is 2. The maximum absolute atomic E-state index is 14.7. The highest BCUT2D eigenvalue weighted by Crippen LogP contribution is 2.31. The molecule has 0 aliphatic carbocycles. The molecule has 2 aromatic heterocycles. The summed E-state index contributed by atoms with van der Waals surface area (Å²) in [6.07, 6.45) is 1.10. The monoisotopic (exact) mass is 499 g/mol. The first-order valence-electron chi connectivity index (χ1n) is 11.0. The van der Waals surface area contributed by atoms with Crippen LogP contribution in [-0.2, 0) is 9.84 Å². The van der Waals surface area contributed by atoms with Gasteiger partial charge in [-0.25, -0.2) is 22.6 Å². The van der Waals surface area contributed by atoms with Crippen molar-refractivity contribution in [3.8, 4) is 22.8 Å². The van der Waals surface area contributed by atoms with Crippen LogP contribution in [0.2, 0.25) is 0 Å². The number of nitrogens with one attached hydrogen (secondary N) is 1. The molecule has 0 spiro atoms. The lowest BCUT2D eigenvalue weighted by molar-refractivity contribution is 0.296. The fraction of sp³-hybridized carbons (Fsp3) is 0.280. The van der Waals surface area contributed by atoms with Crippen LogP contribution in [-0.4, -0.2) is 48.7 Å². The molecule has 0 bridgehead atoms. The summed E-state index contributed by atoms with van der Waals surface area (Å²) in [5.41, 5.74) is 2.25. The molecular weight excluding hydrogens is 473 g/mol. The summed E-state index contributed by atoms with van der Waals surface area (Å²) in [6.45, 7) is 3.80. The molecule has 8 nitrogen and oxygen atoms in total. The molecule has 35 heavy (non-hydrogen) atoms. The number of imidazole rings is 1. The van der Waals surface area contributed by atoms with Gasteiger partial charge in [0.25, 0.3) is 5.88 Å². The Kier molecular flexibility index (Phi) is 6.66. The van der Waals surface area contributed by atoms with Crippen molar-refractivity contribution in [2.24, 2.45) is 0 Å². The third kappa shape index (κ3) is 4.93. The minimum absolute atomic E-state index is 0.205. The number of hydrogen-bond donors (Lipinski definition) is 1. The van der Waals surface area contributed by atoms with Crippen LogP contribution in [0.15, 0.2) is 53.3 Å². The minimum atomic E-state index is -3.52. The lowest BCUT2D eigenvalue weighted by Crippen LogP contribution is -2.29. The number of halogens is 1. The number of H-pyrrole nitrogens is 1. The van der Waals surface area contributed by atoms with Gasteiger partial charge in [-0.15, -0.1) is 0 Å². The van der Waals surface area contributed by atoms with Crippen LogP contribution in [0.5, 0.6) is 11.6 Å². The standard InChI is InChI=1S/C25H26FN3O5S/c1-5-34-24-22(33-3)12-10-18(27-24)21(14-35(4,31)32)29-20-11-9-16(13-19(20)28-25(29)30)17-8-6-7-15(2)23(17)26/h6-13,21H,5,14H2,1-4H3,(H,28,30)/t21-/m1/s1. The van der Waals surface area contributed by atoms with E-state index in [1.165, 1.54) is 11.7 Å². The van der Waals surface area contributed by atoms with Gasteiger partial charge in [0, 0.05) is 11.8 Å². The summed E-state index contributed by atoms with van der Waals surface area (Å²) in [7, 11) is -2.04. The number of hydrogen-bond acceptors (Lipinski definition) is 6. The summed E-state index contributed by atoms with van der Waals surface area (Å²) in [5.74, 6) is -0.102. The topological polar surface area (TPSA) is 103 Å². The predicted molar refractivity (Wildman–Crippen MR) is 132 cm³/mol. The van der Waals surface area contributed by atoms with Gasteiger partial charge >= 0.3 is 5.69 Å². The van der Waals surface area contributed by atoms with Crippen molar-refractivity contribution in [1.82, 2.24) is 14.5 Å². The number of methoxy groups -OCH3 is 1. The Bertz CT molecular complexity index is 1560. The molecule has 0 unspecified atom stereocenters. The first-order chi connectivity index (χ1) is 16.6. The Balaban J connectivity index is 1.89. The Morgan fingerprint density at radius 3 is 2.63 bits per heavy atom. The zero-order valence-electron chi connectivity index (χ0n) is 19.8. The fourth-order valence-corrected chi connectivity index (χ4v) is 4.97. The van der Waals surface area contributed by atoms with Crippen LogP contribution in [0.3, 0.4) is 0 Å². The molecule has 4 rings (SSSR count). The smallest absolute Gasteiger partial charge is 0.327 e. The molecule has 10 heteroatoms. The van der Waals surface area contributed by atoms with Gasteiger partial charge in [0.05, 0.1) is 42.2 Å². The quantitative estimate of drug-likeness (QED) is 0.395. The van der Waals surface area contributed by atoms with Crippen molar-refractivity contribution in [3.05, 3.63) is 76.1 Å². The van der Waals surface area contributed by atoms with Crippen LogP contribution in [0.4, 0.5) is 4.39 Å². The van der Waals surface area contributed by atoms with Crippen molar-refractivity contribution in [3.63, 3.8) is 0 Å². The van der Waals surface area contributed by atoms with E-state index in [1.807, 2.05) is 0 Å². The van der Waals surface area contributed by atoms with Gasteiger partial charge in [-0.05, 0) is 49.2 Å². The predicted octanol–water partition coefficient (Wildman–Crippen LogP) is 3.88. The van der Waals surface area contributed by atoms with E-state index in [1.54, 1.807) is 62.4 Å². The Morgan fingerprint density at radius 1 is 1.17 bits per heavy atom. The third-order valence-electron chi connectivity index (χ3n) is 5.68. The fourth-order valence-electron chi connectivity index (χ4n) is 4.08. The average Bonchev–Trinajstić information content (AvgIpc) is 3.13. The van der Waals surface area contributed by atoms with E-state index in [2.05, 4.69) is 9.97 Å². The zero-order valence-corrected chi connectivity index (χ0v) is 20.6. The number of rotatable bonds is 8. The molecule has 2 aromatic carbocycles. The SMILES string of the molecule is CCOc1nc([C@@H](CS(C)(=O)=O)n2c(=O)[nH]c3cc(-c4cccc(C)c4F)ccc32)ccc1OC. The highest BCUT2D eigenvalue weighted by Gasteiger charge is 2.26. The lowest BCUT2D eigenvalue weighted by atomic mass is 10.0. The summed E-state index contributed by atoms with van der Waals surface area (Å²) < 4.78 is 51.6. The molecule has 0 aliphatic rings. The molecule has 0 saturated carbocycles. The number of aromatic amines is 1.